The molecular formula is C61H112O5. The molecule has 0 bridgehead atoms. The number of carbonyl (C=O) groups excluding carboxylic acids is 2. The molecule has 0 aromatic carbocycles. The highest BCUT2D eigenvalue weighted by Crippen LogP contribution is 2.18. The molecule has 0 radical (unpaired) electrons. The van der Waals surface area contributed by atoms with Crippen LogP contribution in [0, 0.1) is 0 Å². The van der Waals surface area contributed by atoms with E-state index in [0.717, 1.165) is 70.6 Å². The van der Waals surface area contributed by atoms with Crippen molar-refractivity contribution in [2.24, 2.45) is 0 Å². The van der Waals surface area contributed by atoms with Gasteiger partial charge in [0.05, 0.1) is 6.61 Å². The predicted molar refractivity (Wildman–Crippen MR) is 288 cm³/mol. The summed E-state index contributed by atoms with van der Waals surface area (Å²) in [4.78, 5) is 24.5. The van der Waals surface area contributed by atoms with Gasteiger partial charge < -0.3 is 14.6 Å². The van der Waals surface area contributed by atoms with E-state index in [1.54, 1.807) is 0 Å². The Hall–Kier alpha value is -2.14. The number of carbonyl (C=O) groups is 2. The van der Waals surface area contributed by atoms with Crippen molar-refractivity contribution in [3.05, 3.63) is 48.6 Å². The summed E-state index contributed by atoms with van der Waals surface area (Å²) in [5.74, 6) is -0.586. The highest BCUT2D eigenvalue weighted by molar-refractivity contribution is 5.70. The van der Waals surface area contributed by atoms with Crippen molar-refractivity contribution >= 4 is 11.9 Å². The number of aliphatic hydroxyl groups excluding tert-OH is 1. The molecule has 0 heterocycles. The first-order valence-corrected chi connectivity index (χ1v) is 29.2. The molecule has 0 aromatic heterocycles. The van der Waals surface area contributed by atoms with Gasteiger partial charge in [0, 0.05) is 12.8 Å². The van der Waals surface area contributed by atoms with Crippen molar-refractivity contribution in [1.29, 1.82) is 0 Å². The van der Waals surface area contributed by atoms with E-state index in [1.165, 1.54) is 212 Å². The Bertz CT molecular complexity index is 1090. The summed E-state index contributed by atoms with van der Waals surface area (Å²) >= 11 is 0. The van der Waals surface area contributed by atoms with Crippen molar-refractivity contribution < 1.29 is 24.2 Å². The van der Waals surface area contributed by atoms with Gasteiger partial charge >= 0.3 is 11.9 Å². The third-order valence-corrected chi connectivity index (χ3v) is 13.1. The third kappa shape index (κ3) is 54.5. The molecule has 0 saturated heterocycles. The molecule has 5 nitrogen and oxygen atoms in total. The summed E-state index contributed by atoms with van der Waals surface area (Å²) in [5, 5.41) is 9.65. The molecule has 386 valence electrons. The van der Waals surface area contributed by atoms with Crippen LogP contribution in [0.25, 0.3) is 0 Å². The van der Waals surface area contributed by atoms with Gasteiger partial charge in [0.2, 0.25) is 0 Å². The van der Waals surface area contributed by atoms with E-state index in [4.69, 9.17) is 9.47 Å². The van der Waals surface area contributed by atoms with Crippen LogP contribution in [0.2, 0.25) is 0 Å². The number of hydrogen-bond donors (Lipinski definition) is 1. The number of hydrogen-bond acceptors (Lipinski definition) is 5. The van der Waals surface area contributed by atoms with E-state index in [2.05, 4.69) is 62.5 Å². The number of allylic oxidation sites excluding steroid dienone is 8. The maximum absolute atomic E-state index is 12.3. The van der Waals surface area contributed by atoms with Gasteiger partial charge in [0.15, 0.2) is 6.10 Å². The van der Waals surface area contributed by atoms with Crippen LogP contribution in [-0.2, 0) is 19.1 Å². The topological polar surface area (TPSA) is 72.8 Å². The smallest absolute Gasteiger partial charge is 0.306 e. The summed E-state index contributed by atoms with van der Waals surface area (Å²) in [6.45, 7) is 4.06. The predicted octanol–water partition coefficient (Wildman–Crippen LogP) is 19.6. The molecule has 0 spiro atoms. The maximum Gasteiger partial charge on any atom is 0.306 e. The van der Waals surface area contributed by atoms with Crippen LogP contribution in [0.1, 0.15) is 309 Å². The fourth-order valence-electron chi connectivity index (χ4n) is 8.79. The lowest BCUT2D eigenvalue weighted by Gasteiger charge is -2.15. The average molecular weight is 926 g/mol. The van der Waals surface area contributed by atoms with Gasteiger partial charge in [-0.25, -0.2) is 0 Å². The fraction of sp³-hybridized carbons (Fsp3) is 0.836. The second kappa shape index (κ2) is 57.2. The minimum atomic E-state index is -0.776. The molecule has 0 fully saturated rings. The van der Waals surface area contributed by atoms with Crippen LogP contribution >= 0.6 is 0 Å². The van der Waals surface area contributed by atoms with Gasteiger partial charge in [-0.1, -0.05) is 294 Å². The van der Waals surface area contributed by atoms with Gasteiger partial charge in [-0.2, -0.15) is 0 Å². The number of ether oxygens (including phenoxy) is 2. The van der Waals surface area contributed by atoms with E-state index in [-0.39, 0.29) is 25.2 Å². The quantitative estimate of drug-likeness (QED) is 0.0374. The van der Waals surface area contributed by atoms with Crippen LogP contribution in [0.15, 0.2) is 48.6 Å². The second-order valence-electron chi connectivity index (χ2n) is 19.7. The first-order chi connectivity index (χ1) is 32.6. The normalized spacial score (nSPS) is 12.5. The third-order valence-electron chi connectivity index (χ3n) is 13.1. The molecule has 66 heavy (non-hydrogen) atoms. The molecule has 0 rings (SSSR count). The van der Waals surface area contributed by atoms with E-state index in [1.807, 2.05) is 0 Å². The molecule has 0 aromatic rings. The number of aliphatic hydroxyl groups is 1. The molecule has 0 saturated carbocycles. The lowest BCUT2D eigenvalue weighted by Crippen LogP contribution is -2.28. The van der Waals surface area contributed by atoms with Crippen LogP contribution in [0.4, 0.5) is 0 Å². The first-order valence-electron chi connectivity index (χ1n) is 29.2. The molecule has 0 aliphatic heterocycles. The molecular weight excluding hydrogens is 813 g/mol. The minimum absolute atomic E-state index is 0.0665. The zero-order valence-electron chi connectivity index (χ0n) is 44.2. The zero-order valence-corrected chi connectivity index (χ0v) is 44.2. The molecule has 1 unspecified atom stereocenters. The zero-order chi connectivity index (χ0) is 47.7. The van der Waals surface area contributed by atoms with Crippen molar-refractivity contribution in [3.8, 4) is 0 Å². The van der Waals surface area contributed by atoms with E-state index < -0.39 is 6.10 Å². The highest BCUT2D eigenvalue weighted by atomic mass is 16.6. The summed E-state index contributed by atoms with van der Waals surface area (Å²) in [6.07, 6.45) is 75.3. The second-order valence-corrected chi connectivity index (χ2v) is 19.7. The monoisotopic (exact) mass is 925 g/mol. The van der Waals surface area contributed by atoms with Crippen LogP contribution < -0.4 is 0 Å². The van der Waals surface area contributed by atoms with Gasteiger partial charge in [-0.15, -0.1) is 0 Å². The summed E-state index contributed by atoms with van der Waals surface area (Å²) < 4.78 is 10.7. The Kier molecular flexibility index (Phi) is 55.3. The molecule has 1 N–H and O–H groups in total. The Balaban J connectivity index is 3.42. The number of unbranched alkanes of at least 4 members (excludes halogenated alkanes) is 38. The largest absolute Gasteiger partial charge is 0.462 e. The average Bonchev–Trinajstić information content (AvgIpc) is 3.32. The van der Waals surface area contributed by atoms with Crippen molar-refractivity contribution in [2.75, 3.05) is 13.2 Å². The summed E-state index contributed by atoms with van der Waals surface area (Å²) in [5.41, 5.74) is 0. The van der Waals surface area contributed by atoms with Crippen LogP contribution in [-0.4, -0.2) is 36.4 Å². The Morgan fingerprint density at radius 2 is 0.652 bits per heavy atom. The SMILES string of the molecule is CC/C=C\C/C=C\C/C=C\C/C=C\CCCCCCCCCCC(=O)OC(CO)COC(=O)CCCCCCCCCCCCCCCCCCCCCCCCCCCCCCCCC. The molecule has 0 aliphatic carbocycles. The van der Waals surface area contributed by atoms with Crippen molar-refractivity contribution in [3.63, 3.8) is 0 Å². The van der Waals surface area contributed by atoms with Crippen molar-refractivity contribution in [2.45, 2.75) is 315 Å². The van der Waals surface area contributed by atoms with Gasteiger partial charge in [-0.3, -0.25) is 9.59 Å². The van der Waals surface area contributed by atoms with E-state index in [9.17, 15) is 14.7 Å². The minimum Gasteiger partial charge on any atom is -0.462 e. The number of esters is 2. The van der Waals surface area contributed by atoms with Crippen LogP contribution in [0.3, 0.4) is 0 Å². The fourth-order valence-corrected chi connectivity index (χ4v) is 8.79. The van der Waals surface area contributed by atoms with Crippen molar-refractivity contribution in [1.82, 2.24) is 0 Å². The Labute approximate surface area is 411 Å². The molecule has 0 amide bonds. The van der Waals surface area contributed by atoms with Crippen LogP contribution in [0.5, 0.6) is 0 Å². The highest BCUT2D eigenvalue weighted by Gasteiger charge is 2.16. The van der Waals surface area contributed by atoms with Gasteiger partial charge in [-0.05, 0) is 51.4 Å². The molecule has 0 aliphatic rings. The lowest BCUT2D eigenvalue weighted by atomic mass is 10.0. The van der Waals surface area contributed by atoms with Gasteiger partial charge in [0.1, 0.15) is 6.61 Å². The Morgan fingerprint density at radius 1 is 0.364 bits per heavy atom. The summed E-state index contributed by atoms with van der Waals surface area (Å²) in [7, 11) is 0. The molecule has 1 atom stereocenters. The standard InChI is InChI=1S/C61H112O5/c1-3-5-7-9-11-13-15-17-19-21-23-25-26-27-28-29-30-31-32-33-34-36-37-39-41-43-45-47-49-51-53-55-60(63)65-58-59(57-62)66-61(64)56-54-52-50-48-46-44-42-40-38-35-24-22-20-18-16-14-12-10-8-6-4-2/h6,8,12,14,18,20,24,35,59,62H,3-5,7,9-11,13,15-17,19,21-23,25-34,36-58H2,1-2H3/b8-6-,14-12-,20-18-,35-24-. The Morgan fingerprint density at radius 3 is 0.985 bits per heavy atom. The number of rotatable bonds is 54. The molecule has 5 heteroatoms. The van der Waals surface area contributed by atoms with E-state index >= 15 is 0 Å². The first kappa shape index (κ1) is 63.9. The lowest BCUT2D eigenvalue weighted by molar-refractivity contribution is -0.161. The van der Waals surface area contributed by atoms with Gasteiger partial charge in [0.25, 0.3) is 0 Å². The maximum atomic E-state index is 12.3. The summed E-state index contributed by atoms with van der Waals surface area (Å²) in [6, 6.07) is 0. The van der Waals surface area contributed by atoms with E-state index in [0.29, 0.717) is 12.8 Å².